The highest BCUT2D eigenvalue weighted by Gasteiger charge is 2.20. The summed E-state index contributed by atoms with van der Waals surface area (Å²) in [6.07, 6.45) is 2.51. The van der Waals surface area contributed by atoms with Gasteiger partial charge in [-0.2, -0.15) is 0 Å². The second kappa shape index (κ2) is 6.24. The lowest BCUT2D eigenvalue weighted by Crippen LogP contribution is -2.52. The number of benzene rings is 1. The maximum Gasteiger partial charge on any atom is 0.122 e. The van der Waals surface area contributed by atoms with E-state index in [9.17, 15) is 0 Å². The fourth-order valence-electron chi connectivity index (χ4n) is 3.11. The predicted octanol–water partition coefficient (Wildman–Crippen LogP) is 2.35. The van der Waals surface area contributed by atoms with Gasteiger partial charge in [0.15, 0.2) is 0 Å². The van der Waals surface area contributed by atoms with E-state index in [1.165, 1.54) is 42.7 Å². The summed E-state index contributed by atoms with van der Waals surface area (Å²) in [6, 6.07) is 4.35. The molecule has 0 spiro atoms. The first-order valence-electron chi connectivity index (χ1n) is 8.02. The molecule has 0 bridgehead atoms. The van der Waals surface area contributed by atoms with Crippen LogP contribution in [0.1, 0.15) is 24.0 Å². The third kappa shape index (κ3) is 3.16. The number of nitrogens with one attached hydrogen (secondary N) is 1. The predicted molar refractivity (Wildman–Crippen MR) is 87.0 cm³/mol. The summed E-state index contributed by atoms with van der Waals surface area (Å²) in [5.41, 5.74) is 3.96. The van der Waals surface area contributed by atoms with Crippen molar-refractivity contribution in [2.45, 2.75) is 26.7 Å². The number of ether oxygens (including phenoxy) is 1. The summed E-state index contributed by atoms with van der Waals surface area (Å²) in [6.45, 7) is 9.55. The normalized spacial score (nSPS) is 20.4. The van der Waals surface area contributed by atoms with Gasteiger partial charge in [0.25, 0.3) is 0 Å². The number of rotatable bonds is 4. The van der Waals surface area contributed by atoms with E-state index in [2.05, 4.69) is 48.1 Å². The summed E-state index contributed by atoms with van der Waals surface area (Å²) >= 11 is 0. The quantitative estimate of drug-likeness (QED) is 0.921. The Morgan fingerprint density at radius 1 is 1.14 bits per heavy atom. The minimum Gasteiger partial charge on any atom is -0.493 e. The molecule has 2 heterocycles. The Morgan fingerprint density at radius 3 is 2.48 bits per heavy atom. The SMILES string of the molecule is Cc1c(OCC2CCN(C)CC2)ccc(N2CNC2)c1C. The zero-order chi connectivity index (χ0) is 14.8. The van der Waals surface area contributed by atoms with Crippen LogP contribution in [0, 0.1) is 19.8 Å². The molecule has 2 fully saturated rings. The number of hydrogen-bond donors (Lipinski definition) is 1. The molecule has 116 valence electrons. The van der Waals surface area contributed by atoms with Crippen molar-refractivity contribution in [3.8, 4) is 5.75 Å². The molecule has 1 N–H and O–H groups in total. The van der Waals surface area contributed by atoms with Crippen molar-refractivity contribution in [2.24, 2.45) is 5.92 Å². The molecule has 0 unspecified atom stereocenters. The van der Waals surface area contributed by atoms with Gasteiger partial charge in [-0.15, -0.1) is 0 Å². The van der Waals surface area contributed by atoms with Gasteiger partial charge in [0.1, 0.15) is 5.75 Å². The highest BCUT2D eigenvalue weighted by Crippen LogP contribution is 2.31. The molecule has 0 aliphatic carbocycles. The average Bonchev–Trinajstić information content (AvgIpc) is 2.43. The lowest BCUT2D eigenvalue weighted by Gasteiger charge is -2.36. The third-order valence-electron chi connectivity index (χ3n) is 4.97. The molecule has 3 rings (SSSR count). The molecule has 0 atom stereocenters. The van der Waals surface area contributed by atoms with E-state index in [-0.39, 0.29) is 0 Å². The summed E-state index contributed by atoms with van der Waals surface area (Å²) in [7, 11) is 2.20. The van der Waals surface area contributed by atoms with Crippen LogP contribution in [0.25, 0.3) is 0 Å². The molecule has 4 nitrogen and oxygen atoms in total. The molecule has 2 aliphatic heterocycles. The molecule has 1 aromatic carbocycles. The molecule has 2 aliphatic rings. The van der Waals surface area contributed by atoms with Gasteiger partial charge < -0.3 is 14.5 Å². The van der Waals surface area contributed by atoms with E-state index in [0.29, 0.717) is 5.92 Å². The molecule has 4 heteroatoms. The molecular weight excluding hydrogens is 262 g/mol. The van der Waals surface area contributed by atoms with Crippen LogP contribution in [0.3, 0.4) is 0 Å². The van der Waals surface area contributed by atoms with Crippen molar-refractivity contribution < 1.29 is 4.74 Å². The molecular formula is C17H27N3O. The van der Waals surface area contributed by atoms with Crippen LogP contribution < -0.4 is 15.0 Å². The van der Waals surface area contributed by atoms with Crippen molar-refractivity contribution in [1.29, 1.82) is 0 Å². The first kappa shape index (κ1) is 14.7. The van der Waals surface area contributed by atoms with Crippen LogP contribution in [-0.4, -0.2) is 45.0 Å². The number of likely N-dealkylation sites (tertiary alicyclic amines) is 1. The Bertz CT molecular complexity index is 491. The van der Waals surface area contributed by atoms with Crippen molar-refractivity contribution in [1.82, 2.24) is 10.2 Å². The van der Waals surface area contributed by atoms with E-state index in [1.54, 1.807) is 0 Å². The van der Waals surface area contributed by atoms with Crippen LogP contribution in [0.4, 0.5) is 5.69 Å². The fourth-order valence-corrected chi connectivity index (χ4v) is 3.11. The van der Waals surface area contributed by atoms with Gasteiger partial charge >= 0.3 is 0 Å². The summed E-state index contributed by atoms with van der Waals surface area (Å²) in [4.78, 5) is 4.75. The molecule has 1 aromatic rings. The number of hydrogen-bond acceptors (Lipinski definition) is 4. The van der Waals surface area contributed by atoms with Gasteiger partial charge in [-0.1, -0.05) is 0 Å². The average molecular weight is 289 g/mol. The smallest absolute Gasteiger partial charge is 0.122 e. The zero-order valence-corrected chi connectivity index (χ0v) is 13.5. The minimum absolute atomic E-state index is 0.708. The Labute approximate surface area is 128 Å². The Balaban J connectivity index is 1.61. The van der Waals surface area contributed by atoms with Crippen LogP contribution in [0.5, 0.6) is 5.75 Å². The van der Waals surface area contributed by atoms with Crippen molar-refractivity contribution >= 4 is 5.69 Å². The van der Waals surface area contributed by atoms with Crippen LogP contribution in [0.15, 0.2) is 12.1 Å². The number of piperidine rings is 1. The summed E-state index contributed by atoms with van der Waals surface area (Å²) < 4.78 is 6.13. The van der Waals surface area contributed by atoms with Crippen molar-refractivity contribution in [2.75, 3.05) is 45.0 Å². The van der Waals surface area contributed by atoms with E-state index in [0.717, 1.165) is 25.7 Å². The Kier molecular flexibility index (Phi) is 4.36. The maximum absolute atomic E-state index is 6.13. The van der Waals surface area contributed by atoms with Crippen LogP contribution in [0.2, 0.25) is 0 Å². The topological polar surface area (TPSA) is 27.7 Å². The Morgan fingerprint density at radius 2 is 1.86 bits per heavy atom. The van der Waals surface area contributed by atoms with Gasteiger partial charge in [-0.05, 0) is 76.0 Å². The van der Waals surface area contributed by atoms with Gasteiger partial charge in [-0.3, -0.25) is 5.32 Å². The minimum atomic E-state index is 0.708. The molecule has 0 aromatic heterocycles. The lowest BCUT2D eigenvalue weighted by atomic mass is 9.98. The standard InChI is InChI=1S/C17H27N3O/c1-13-14(2)17(5-4-16(13)20-11-18-12-20)21-10-15-6-8-19(3)9-7-15/h4-5,15,18H,6-12H2,1-3H3. The van der Waals surface area contributed by atoms with Crippen LogP contribution in [-0.2, 0) is 0 Å². The molecule has 0 radical (unpaired) electrons. The third-order valence-corrected chi connectivity index (χ3v) is 4.97. The second-order valence-corrected chi connectivity index (χ2v) is 6.50. The summed E-state index contributed by atoms with van der Waals surface area (Å²) in [5.74, 6) is 1.77. The molecule has 2 saturated heterocycles. The fraction of sp³-hybridized carbons (Fsp3) is 0.647. The maximum atomic E-state index is 6.13. The second-order valence-electron chi connectivity index (χ2n) is 6.50. The van der Waals surface area contributed by atoms with Crippen molar-refractivity contribution in [3.63, 3.8) is 0 Å². The van der Waals surface area contributed by atoms with E-state index < -0.39 is 0 Å². The Hall–Kier alpha value is -1.26. The number of nitrogens with zero attached hydrogens (tertiary/aromatic N) is 2. The number of anilines is 1. The molecule has 21 heavy (non-hydrogen) atoms. The van der Waals surface area contributed by atoms with Crippen LogP contribution >= 0.6 is 0 Å². The van der Waals surface area contributed by atoms with Crippen molar-refractivity contribution in [3.05, 3.63) is 23.3 Å². The van der Waals surface area contributed by atoms with E-state index in [1.807, 2.05) is 0 Å². The molecule has 0 saturated carbocycles. The van der Waals surface area contributed by atoms with Gasteiger partial charge in [0, 0.05) is 5.69 Å². The van der Waals surface area contributed by atoms with Gasteiger partial charge in [0.05, 0.1) is 19.9 Å². The molecule has 0 amide bonds. The highest BCUT2D eigenvalue weighted by molar-refractivity contribution is 5.60. The summed E-state index contributed by atoms with van der Waals surface area (Å²) in [5, 5.41) is 3.28. The van der Waals surface area contributed by atoms with Gasteiger partial charge in [-0.25, -0.2) is 0 Å². The zero-order valence-electron chi connectivity index (χ0n) is 13.5. The monoisotopic (exact) mass is 289 g/mol. The van der Waals surface area contributed by atoms with E-state index in [4.69, 9.17) is 4.74 Å². The largest absolute Gasteiger partial charge is 0.493 e. The highest BCUT2D eigenvalue weighted by atomic mass is 16.5. The van der Waals surface area contributed by atoms with Gasteiger partial charge in [0.2, 0.25) is 0 Å². The first-order chi connectivity index (χ1) is 10.1. The first-order valence-corrected chi connectivity index (χ1v) is 8.02. The van der Waals surface area contributed by atoms with E-state index >= 15 is 0 Å². The lowest BCUT2D eigenvalue weighted by molar-refractivity contribution is 0.159.